The zero-order valence-corrected chi connectivity index (χ0v) is 12.1. The molecule has 100 valence electrons. The van der Waals surface area contributed by atoms with Crippen LogP contribution in [0.2, 0.25) is 5.02 Å². The molecule has 2 aromatic rings. The number of aryl methyl sites for hydroxylation is 2. The fourth-order valence-corrected chi connectivity index (χ4v) is 2.81. The topological polar surface area (TPSA) is 62.2 Å². The van der Waals surface area contributed by atoms with Crippen LogP contribution in [0.1, 0.15) is 27.9 Å². The predicted molar refractivity (Wildman–Crippen MR) is 77.9 cm³/mol. The minimum absolute atomic E-state index is 0.137. The number of anilines is 2. The summed E-state index contributed by atoms with van der Waals surface area (Å²) in [6.45, 7) is 4.04. The van der Waals surface area contributed by atoms with E-state index in [1.165, 1.54) is 17.4 Å². The van der Waals surface area contributed by atoms with Gasteiger partial charge >= 0.3 is 5.97 Å². The lowest BCUT2D eigenvalue weighted by Gasteiger charge is -2.07. The molecule has 1 heterocycles. The molecule has 2 N–H and O–H groups in total. The van der Waals surface area contributed by atoms with E-state index in [-0.39, 0.29) is 5.56 Å². The summed E-state index contributed by atoms with van der Waals surface area (Å²) in [4.78, 5) is 16.7. The third-order valence-electron chi connectivity index (χ3n) is 2.68. The molecule has 0 aliphatic carbocycles. The normalized spacial score (nSPS) is 10.5. The van der Waals surface area contributed by atoms with E-state index in [0.717, 1.165) is 17.0 Å². The number of thiazole rings is 1. The first-order valence-electron chi connectivity index (χ1n) is 5.77. The number of nitrogens with zero attached hydrogens (tertiary/aromatic N) is 1. The Balaban J connectivity index is 2.34. The summed E-state index contributed by atoms with van der Waals surface area (Å²) in [5.74, 6) is -1.02. The summed E-state index contributed by atoms with van der Waals surface area (Å²) >= 11 is 7.32. The summed E-state index contributed by atoms with van der Waals surface area (Å²) in [6, 6.07) is 4.72. The van der Waals surface area contributed by atoms with Gasteiger partial charge in [0.2, 0.25) is 0 Å². The number of rotatable bonds is 4. The molecule has 2 rings (SSSR count). The second-order valence-corrected chi connectivity index (χ2v) is 5.64. The molecule has 0 saturated carbocycles. The Morgan fingerprint density at radius 2 is 2.26 bits per heavy atom. The molecule has 1 aromatic carbocycles. The highest BCUT2D eigenvalue weighted by molar-refractivity contribution is 7.15. The molecule has 0 aliphatic heterocycles. The third-order valence-corrected chi connectivity index (χ3v) is 3.84. The Morgan fingerprint density at radius 1 is 1.53 bits per heavy atom. The van der Waals surface area contributed by atoms with Gasteiger partial charge in [-0.3, -0.25) is 0 Å². The molecule has 0 amide bonds. The van der Waals surface area contributed by atoms with Crippen molar-refractivity contribution in [2.45, 2.75) is 20.3 Å². The highest BCUT2D eigenvalue weighted by atomic mass is 35.5. The zero-order chi connectivity index (χ0) is 14.0. The number of carboxylic acid groups (broad SMARTS) is 1. The van der Waals surface area contributed by atoms with Crippen LogP contribution in [-0.4, -0.2) is 16.1 Å². The number of aromatic carboxylic acids is 1. The molecule has 1 aromatic heterocycles. The average molecular weight is 297 g/mol. The van der Waals surface area contributed by atoms with Crippen molar-refractivity contribution in [3.8, 4) is 0 Å². The highest BCUT2D eigenvalue weighted by Crippen LogP contribution is 2.28. The Bertz CT molecular complexity index is 625. The van der Waals surface area contributed by atoms with Crippen molar-refractivity contribution in [3.05, 3.63) is 39.4 Å². The molecule has 6 heteroatoms. The fourth-order valence-electron chi connectivity index (χ4n) is 1.73. The van der Waals surface area contributed by atoms with E-state index >= 15 is 0 Å². The van der Waals surface area contributed by atoms with Gasteiger partial charge in [0, 0.05) is 9.90 Å². The van der Waals surface area contributed by atoms with Crippen molar-refractivity contribution in [1.82, 2.24) is 4.98 Å². The number of hydrogen-bond acceptors (Lipinski definition) is 4. The van der Waals surface area contributed by atoms with Gasteiger partial charge in [-0.15, -0.1) is 11.3 Å². The molecule has 0 fully saturated rings. The number of halogens is 1. The van der Waals surface area contributed by atoms with Gasteiger partial charge in [-0.2, -0.15) is 0 Å². The second kappa shape index (κ2) is 5.59. The van der Waals surface area contributed by atoms with Crippen LogP contribution >= 0.6 is 22.9 Å². The van der Waals surface area contributed by atoms with Crippen molar-refractivity contribution >= 4 is 39.7 Å². The number of benzene rings is 1. The Labute approximate surface area is 120 Å². The van der Waals surface area contributed by atoms with Gasteiger partial charge in [0.1, 0.15) is 0 Å². The highest BCUT2D eigenvalue weighted by Gasteiger charge is 2.13. The monoisotopic (exact) mass is 296 g/mol. The van der Waals surface area contributed by atoms with Gasteiger partial charge < -0.3 is 10.4 Å². The molecule has 19 heavy (non-hydrogen) atoms. The van der Waals surface area contributed by atoms with Crippen LogP contribution in [0.5, 0.6) is 0 Å². The van der Waals surface area contributed by atoms with E-state index in [1.807, 2.05) is 13.8 Å². The Kier molecular flexibility index (Phi) is 4.07. The van der Waals surface area contributed by atoms with Gasteiger partial charge in [-0.25, -0.2) is 9.78 Å². The van der Waals surface area contributed by atoms with E-state index < -0.39 is 5.97 Å². The second-order valence-electron chi connectivity index (χ2n) is 4.00. The van der Waals surface area contributed by atoms with Crippen molar-refractivity contribution < 1.29 is 9.90 Å². The lowest BCUT2D eigenvalue weighted by Crippen LogP contribution is -2.02. The summed E-state index contributed by atoms with van der Waals surface area (Å²) in [5.41, 5.74) is 1.66. The van der Waals surface area contributed by atoms with Crippen molar-refractivity contribution in [2.75, 3.05) is 5.32 Å². The maximum atomic E-state index is 11.2. The molecule has 0 unspecified atom stereocenters. The molecule has 0 saturated heterocycles. The number of carbonyl (C=O) groups is 1. The first kappa shape index (κ1) is 13.8. The quantitative estimate of drug-likeness (QED) is 0.891. The first-order chi connectivity index (χ1) is 9.01. The Morgan fingerprint density at radius 3 is 2.84 bits per heavy atom. The molecular weight excluding hydrogens is 284 g/mol. The number of hydrogen-bond donors (Lipinski definition) is 2. The van der Waals surface area contributed by atoms with Crippen LogP contribution in [0.15, 0.2) is 18.2 Å². The van der Waals surface area contributed by atoms with Gasteiger partial charge in [-0.1, -0.05) is 18.5 Å². The zero-order valence-electron chi connectivity index (χ0n) is 10.5. The number of aromatic nitrogens is 1. The fraction of sp³-hybridized carbons (Fsp3) is 0.231. The molecule has 0 radical (unpaired) electrons. The minimum atomic E-state index is -1.02. The first-order valence-corrected chi connectivity index (χ1v) is 6.97. The maximum absolute atomic E-state index is 11.2. The van der Waals surface area contributed by atoms with Crippen LogP contribution in [0.3, 0.4) is 0 Å². The summed E-state index contributed by atoms with van der Waals surface area (Å²) in [5, 5.41) is 13.3. The maximum Gasteiger partial charge on any atom is 0.337 e. The molecule has 4 nitrogen and oxygen atoms in total. The lowest BCUT2D eigenvalue weighted by atomic mass is 10.2. The number of nitrogens with one attached hydrogen (secondary N) is 1. The van der Waals surface area contributed by atoms with E-state index in [0.29, 0.717) is 15.8 Å². The van der Waals surface area contributed by atoms with E-state index in [1.54, 1.807) is 12.1 Å². The van der Waals surface area contributed by atoms with E-state index in [2.05, 4.69) is 10.3 Å². The average Bonchev–Trinajstić information content (AvgIpc) is 2.71. The van der Waals surface area contributed by atoms with Gasteiger partial charge in [-0.05, 0) is 31.5 Å². The van der Waals surface area contributed by atoms with E-state index in [9.17, 15) is 4.79 Å². The third kappa shape index (κ3) is 3.05. The smallest absolute Gasteiger partial charge is 0.337 e. The minimum Gasteiger partial charge on any atom is -0.478 e. The van der Waals surface area contributed by atoms with Crippen LogP contribution in [0.4, 0.5) is 10.8 Å². The van der Waals surface area contributed by atoms with Crippen LogP contribution in [-0.2, 0) is 6.42 Å². The van der Waals surface area contributed by atoms with Gasteiger partial charge in [0.15, 0.2) is 5.13 Å². The summed E-state index contributed by atoms with van der Waals surface area (Å²) < 4.78 is 0. The van der Waals surface area contributed by atoms with Gasteiger partial charge in [0.05, 0.1) is 16.9 Å². The van der Waals surface area contributed by atoms with Gasteiger partial charge in [0.25, 0.3) is 0 Å². The number of carboxylic acids is 1. The van der Waals surface area contributed by atoms with Crippen LogP contribution in [0, 0.1) is 6.92 Å². The molecule has 0 atom stereocenters. The predicted octanol–water partition coefficient (Wildman–Crippen LogP) is 4.11. The van der Waals surface area contributed by atoms with Crippen molar-refractivity contribution in [2.24, 2.45) is 0 Å². The van der Waals surface area contributed by atoms with Crippen LogP contribution < -0.4 is 5.32 Å². The SMILES string of the molecule is CCc1nc(Nc2ccc(Cl)cc2C(=O)O)sc1C. The van der Waals surface area contributed by atoms with E-state index in [4.69, 9.17) is 16.7 Å². The largest absolute Gasteiger partial charge is 0.478 e. The Hall–Kier alpha value is -1.59. The van der Waals surface area contributed by atoms with Crippen molar-refractivity contribution in [3.63, 3.8) is 0 Å². The summed E-state index contributed by atoms with van der Waals surface area (Å²) in [6.07, 6.45) is 0.858. The molecule has 0 spiro atoms. The molecule has 0 bridgehead atoms. The lowest BCUT2D eigenvalue weighted by molar-refractivity contribution is 0.0698. The molecule has 0 aliphatic rings. The standard InChI is InChI=1S/C13H13ClN2O2S/c1-3-10-7(2)19-13(15-10)16-11-5-4-8(14)6-9(11)12(17)18/h4-6H,3H2,1-2H3,(H,15,16)(H,17,18). The summed E-state index contributed by atoms with van der Waals surface area (Å²) in [7, 11) is 0. The van der Waals surface area contributed by atoms with Crippen LogP contribution in [0.25, 0.3) is 0 Å². The molecular formula is C13H13ClN2O2S. The van der Waals surface area contributed by atoms with Crippen molar-refractivity contribution in [1.29, 1.82) is 0 Å².